The normalized spacial score (nSPS) is 10.7. The van der Waals surface area contributed by atoms with E-state index < -0.39 is 0 Å². The zero-order valence-electron chi connectivity index (χ0n) is 12.9. The number of ether oxygens (including phenoxy) is 1. The number of fused-ring (bicyclic) bond motifs is 1. The first-order valence-corrected chi connectivity index (χ1v) is 8.39. The molecule has 4 nitrogen and oxygen atoms in total. The second-order valence-electron chi connectivity index (χ2n) is 5.14. The first-order valence-electron chi connectivity index (χ1n) is 7.57. The minimum atomic E-state index is -0.196. The van der Waals surface area contributed by atoms with Gasteiger partial charge < -0.3 is 10.1 Å². The van der Waals surface area contributed by atoms with E-state index in [-0.39, 0.29) is 5.97 Å². The van der Waals surface area contributed by atoms with Crippen molar-refractivity contribution in [2.45, 2.75) is 19.9 Å². The number of aromatic nitrogens is 1. The highest BCUT2D eigenvalue weighted by Gasteiger charge is 2.08. The van der Waals surface area contributed by atoms with Gasteiger partial charge in [0.1, 0.15) is 0 Å². The first kappa shape index (κ1) is 15.5. The second kappa shape index (κ2) is 7.24. The van der Waals surface area contributed by atoms with Crippen LogP contribution in [0.3, 0.4) is 0 Å². The number of rotatable bonds is 6. The maximum atomic E-state index is 11.6. The predicted octanol–water partition coefficient (Wildman–Crippen LogP) is 4.01. The van der Waals surface area contributed by atoms with Gasteiger partial charge >= 0.3 is 5.97 Å². The molecule has 3 aromatic rings. The van der Waals surface area contributed by atoms with Crippen LogP contribution in [0.5, 0.6) is 0 Å². The minimum absolute atomic E-state index is 0.196. The molecule has 0 unspecified atom stereocenters. The van der Waals surface area contributed by atoms with Gasteiger partial charge in [-0.3, -0.25) is 4.79 Å². The van der Waals surface area contributed by atoms with E-state index in [4.69, 9.17) is 4.74 Å². The Balaban J connectivity index is 1.70. The van der Waals surface area contributed by atoms with Crippen molar-refractivity contribution < 1.29 is 9.53 Å². The van der Waals surface area contributed by atoms with Gasteiger partial charge in [-0.2, -0.15) is 0 Å². The third kappa shape index (κ3) is 4.07. The van der Waals surface area contributed by atoms with Crippen molar-refractivity contribution in [1.29, 1.82) is 0 Å². The molecule has 1 N–H and O–H groups in total. The standard InChI is InChI=1S/C18H18N2O2S/c1-2-22-17(21)11-14-8-9-15-16(10-14)23-18(20-15)19-12-13-6-4-3-5-7-13/h3-10H,2,11-12H2,1H3,(H,19,20). The molecular weight excluding hydrogens is 308 g/mol. The van der Waals surface area contributed by atoms with Crippen molar-refractivity contribution in [3.8, 4) is 0 Å². The van der Waals surface area contributed by atoms with E-state index in [0.29, 0.717) is 13.0 Å². The van der Waals surface area contributed by atoms with Crippen molar-refractivity contribution in [1.82, 2.24) is 4.98 Å². The van der Waals surface area contributed by atoms with Gasteiger partial charge in [-0.25, -0.2) is 4.98 Å². The molecule has 0 aliphatic carbocycles. The molecule has 0 aliphatic heterocycles. The van der Waals surface area contributed by atoms with Crippen LogP contribution in [0.25, 0.3) is 10.2 Å². The lowest BCUT2D eigenvalue weighted by atomic mass is 10.1. The molecule has 0 spiro atoms. The molecule has 3 rings (SSSR count). The monoisotopic (exact) mass is 326 g/mol. The summed E-state index contributed by atoms with van der Waals surface area (Å²) in [7, 11) is 0. The molecule has 0 aliphatic rings. The summed E-state index contributed by atoms with van der Waals surface area (Å²) in [6.45, 7) is 2.97. The molecule has 5 heteroatoms. The third-order valence-corrected chi connectivity index (χ3v) is 4.37. The third-order valence-electron chi connectivity index (χ3n) is 3.39. The number of carbonyl (C=O) groups excluding carboxylic acids is 1. The van der Waals surface area contributed by atoms with Crippen LogP contribution in [0.15, 0.2) is 48.5 Å². The number of hydrogen-bond donors (Lipinski definition) is 1. The van der Waals surface area contributed by atoms with Crippen molar-refractivity contribution in [2.24, 2.45) is 0 Å². The van der Waals surface area contributed by atoms with Gasteiger partial charge in [-0.1, -0.05) is 47.7 Å². The van der Waals surface area contributed by atoms with Crippen LogP contribution in [0.4, 0.5) is 5.13 Å². The molecule has 0 radical (unpaired) electrons. The number of carbonyl (C=O) groups is 1. The number of nitrogens with zero attached hydrogens (tertiary/aromatic N) is 1. The lowest BCUT2D eigenvalue weighted by Crippen LogP contribution is -2.07. The van der Waals surface area contributed by atoms with Crippen molar-refractivity contribution >= 4 is 32.7 Å². The van der Waals surface area contributed by atoms with E-state index in [0.717, 1.165) is 27.5 Å². The Morgan fingerprint density at radius 3 is 2.78 bits per heavy atom. The highest BCUT2D eigenvalue weighted by atomic mass is 32.1. The van der Waals surface area contributed by atoms with Gasteiger partial charge in [-0.15, -0.1) is 0 Å². The molecular formula is C18H18N2O2S. The molecule has 118 valence electrons. The molecule has 0 atom stereocenters. The minimum Gasteiger partial charge on any atom is -0.466 e. The predicted molar refractivity (Wildman–Crippen MR) is 93.7 cm³/mol. The molecule has 0 fully saturated rings. The van der Waals surface area contributed by atoms with Crippen molar-refractivity contribution in [3.05, 3.63) is 59.7 Å². The second-order valence-corrected chi connectivity index (χ2v) is 6.17. The maximum absolute atomic E-state index is 11.6. The smallest absolute Gasteiger partial charge is 0.310 e. The molecule has 2 aromatic carbocycles. The van der Waals surface area contributed by atoms with Gasteiger partial charge in [-0.05, 0) is 30.2 Å². The van der Waals surface area contributed by atoms with Crippen LogP contribution in [0.1, 0.15) is 18.1 Å². The van der Waals surface area contributed by atoms with Gasteiger partial charge in [0, 0.05) is 6.54 Å². The molecule has 23 heavy (non-hydrogen) atoms. The van der Waals surface area contributed by atoms with Gasteiger partial charge in [0.05, 0.1) is 23.2 Å². The molecule has 0 amide bonds. The highest BCUT2D eigenvalue weighted by molar-refractivity contribution is 7.22. The van der Waals surface area contributed by atoms with Crippen LogP contribution < -0.4 is 5.32 Å². The molecule has 0 saturated carbocycles. The van der Waals surface area contributed by atoms with E-state index in [9.17, 15) is 4.79 Å². The fourth-order valence-electron chi connectivity index (χ4n) is 2.31. The van der Waals surface area contributed by atoms with Crippen LogP contribution in [-0.2, 0) is 22.5 Å². The molecule has 0 saturated heterocycles. The topological polar surface area (TPSA) is 51.2 Å². The summed E-state index contributed by atoms with van der Waals surface area (Å²) >= 11 is 1.60. The molecule has 1 heterocycles. The van der Waals surface area contributed by atoms with Crippen molar-refractivity contribution in [2.75, 3.05) is 11.9 Å². The largest absolute Gasteiger partial charge is 0.466 e. The number of benzene rings is 2. The van der Waals surface area contributed by atoms with Crippen molar-refractivity contribution in [3.63, 3.8) is 0 Å². The lowest BCUT2D eigenvalue weighted by molar-refractivity contribution is -0.142. The number of nitrogens with one attached hydrogen (secondary N) is 1. The SMILES string of the molecule is CCOC(=O)Cc1ccc2nc(NCc3ccccc3)sc2c1. The van der Waals surface area contributed by atoms with Crippen LogP contribution in [-0.4, -0.2) is 17.6 Å². The Bertz CT molecular complexity index is 799. The fraction of sp³-hybridized carbons (Fsp3) is 0.222. The summed E-state index contributed by atoms with van der Waals surface area (Å²) in [6, 6.07) is 16.1. The average Bonchev–Trinajstić information content (AvgIpc) is 2.96. The Kier molecular flexibility index (Phi) is 4.88. The summed E-state index contributed by atoms with van der Waals surface area (Å²) in [6.07, 6.45) is 0.300. The Labute approximate surface area is 139 Å². The summed E-state index contributed by atoms with van der Waals surface area (Å²) in [5.74, 6) is -0.196. The van der Waals surface area contributed by atoms with Gasteiger partial charge in [0.25, 0.3) is 0 Å². The van der Waals surface area contributed by atoms with E-state index in [2.05, 4.69) is 22.4 Å². The first-order chi connectivity index (χ1) is 11.2. The quantitative estimate of drug-likeness (QED) is 0.695. The van der Waals surface area contributed by atoms with Crippen LogP contribution in [0.2, 0.25) is 0 Å². The van der Waals surface area contributed by atoms with Crippen LogP contribution in [0, 0.1) is 0 Å². The average molecular weight is 326 g/mol. The summed E-state index contributed by atoms with van der Waals surface area (Å²) in [5, 5.41) is 4.23. The number of thiazole rings is 1. The Morgan fingerprint density at radius 2 is 2.00 bits per heavy atom. The number of anilines is 1. The van der Waals surface area contributed by atoms with E-state index in [1.165, 1.54) is 5.56 Å². The zero-order chi connectivity index (χ0) is 16.1. The zero-order valence-corrected chi connectivity index (χ0v) is 13.7. The lowest BCUT2D eigenvalue weighted by Gasteiger charge is -2.01. The summed E-state index contributed by atoms with van der Waals surface area (Å²) in [4.78, 5) is 16.1. The van der Waals surface area contributed by atoms with E-state index in [1.807, 2.05) is 43.3 Å². The van der Waals surface area contributed by atoms with Gasteiger partial charge in [0.2, 0.25) is 0 Å². The van der Waals surface area contributed by atoms with Crippen LogP contribution >= 0.6 is 11.3 Å². The van der Waals surface area contributed by atoms with E-state index in [1.54, 1.807) is 11.3 Å². The highest BCUT2D eigenvalue weighted by Crippen LogP contribution is 2.27. The Morgan fingerprint density at radius 1 is 1.17 bits per heavy atom. The Hall–Kier alpha value is -2.40. The molecule has 1 aromatic heterocycles. The molecule has 0 bridgehead atoms. The maximum Gasteiger partial charge on any atom is 0.310 e. The number of hydrogen-bond acceptors (Lipinski definition) is 5. The summed E-state index contributed by atoms with van der Waals surface area (Å²) < 4.78 is 6.06. The van der Waals surface area contributed by atoms with Gasteiger partial charge in [0.15, 0.2) is 5.13 Å². The summed E-state index contributed by atoms with van der Waals surface area (Å²) in [5.41, 5.74) is 3.11. The van der Waals surface area contributed by atoms with E-state index >= 15 is 0 Å². The number of esters is 1. The fourth-order valence-corrected chi connectivity index (χ4v) is 3.23.